The molecule has 4 nitrogen and oxygen atoms in total. The highest BCUT2D eigenvalue weighted by Crippen LogP contribution is 2.29. The van der Waals surface area contributed by atoms with Crippen molar-refractivity contribution in [2.24, 2.45) is 0 Å². The van der Waals surface area contributed by atoms with Crippen LogP contribution in [-0.4, -0.2) is 38.2 Å². The predicted octanol–water partition coefficient (Wildman–Crippen LogP) is 4.40. The first-order valence-corrected chi connectivity index (χ1v) is 10.9. The fourth-order valence-corrected chi connectivity index (χ4v) is 5.51. The van der Waals surface area contributed by atoms with Crippen LogP contribution in [0.5, 0.6) is 0 Å². The average Bonchev–Trinajstić information content (AvgIpc) is 2.58. The largest absolute Gasteiger partial charge is 0.360 e. The molecule has 1 saturated carbocycles. The molecule has 1 aliphatic heterocycles. The molecule has 1 aliphatic carbocycles. The van der Waals surface area contributed by atoms with Gasteiger partial charge in [0.25, 0.3) is 0 Å². The standard InChI is InChI=1S/C22H36N4S/c1-21(2)13-18(14-22(3,4)25-21)24-20(27)26(19-10-6-5-7-11-19)16-17-9-8-12-23-15-17/h8-9,12,15,18-19,25H,5-7,10-11,13-14,16H2,1-4H3,(H,24,27). The average molecular weight is 389 g/mol. The Bertz CT molecular complexity index is 606. The number of pyridine rings is 1. The van der Waals surface area contributed by atoms with Crippen LogP contribution >= 0.6 is 12.2 Å². The SMILES string of the molecule is CC1(C)CC(NC(=S)N(Cc2cccnc2)C2CCCCC2)CC(C)(C)N1. The molecule has 5 heteroatoms. The van der Waals surface area contributed by atoms with Gasteiger partial charge < -0.3 is 15.5 Å². The summed E-state index contributed by atoms with van der Waals surface area (Å²) in [4.78, 5) is 6.74. The summed E-state index contributed by atoms with van der Waals surface area (Å²) < 4.78 is 0. The lowest BCUT2D eigenvalue weighted by Crippen LogP contribution is -2.63. The first-order chi connectivity index (χ1) is 12.7. The molecule has 2 N–H and O–H groups in total. The molecule has 3 rings (SSSR count). The number of nitrogens with one attached hydrogen (secondary N) is 2. The lowest BCUT2D eigenvalue weighted by atomic mass is 9.79. The van der Waals surface area contributed by atoms with Gasteiger partial charge in [-0.2, -0.15) is 0 Å². The van der Waals surface area contributed by atoms with Crippen LogP contribution in [0.3, 0.4) is 0 Å². The molecule has 0 amide bonds. The first kappa shape index (κ1) is 20.5. The van der Waals surface area contributed by atoms with Gasteiger partial charge in [0, 0.05) is 42.1 Å². The lowest BCUT2D eigenvalue weighted by molar-refractivity contribution is 0.151. The Morgan fingerprint density at radius 3 is 2.44 bits per heavy atom. The van der Waals surface area contributed by atoms with Crippen molar-refractivity contribution in [3.05, 3.63) is 30.1 Å². The third-order valence-corrected chi connectivity index (χ3v) is 6.22. The number of thiocarbonyl (C=S) groups is 1. The van der Waals surface area contributed by atoms with E-state index in [1.54, 1.807) is 0 Å². The Balaban J connectivity index is 1.72. The van der Waals surface area contributed by atoms with Crippen molar-refractivity contribution in [1.82, 2.24) is 20.5 Å². The van der Waals surface area contributed by atoms with Gasteiger partial charge in [-0.3, -0.25) is 4.98 Å². The molecule has 0 aromatic carbocycles. The smallest absolute Gasteiger partial charge is 0.169 e. The molecular weight excluding hydrogens is 352 g/mol. The second-order valence-electron chi connectivity index (χ2n) is 9.73. The van der Waals surface area contributed by atoms with Crippen LogP contribution < -0.4 is 10.6 Å². The highest BCUT2D eigenvalue weighted by molar-refractivity contribution is 7.80. The molecule has 2 fully saturated rings. The second kappa shape index (κ2) is 8.44. The Kier molecular flexibility index (Phi) is 6.42. The molecule has 0 bridgehead atoms. The number of hydrogen-bond acceptors (Lipinski definition) is 3. The quantitative estimate of drug-likeness (QED) is 0.748. The van der Waals surface area contributed by atoms with E-state index in [1.807, 2.05) is 18.5 Å². The van der Waals surface area contributed by atoms with Crippen LogP contribution in [0.2, 0.25) is 0 Å². The molecular formula is C22H36N4S. The van der Waals surface area contributed by atoms with Crippen molar-refractivity contribution in [2.75, 3.05) is 0 Å². The number of nitrogens with zero attached hydrogens (tertiary/aromatic N) is 2. The van der Waals surface area contributed by atoms with Crippen molar-refractivity contribution >= 4 is 17.3 Å². The lowest BCUT2D eigenvalue weighted by Gasteiger charge is -2.47. The number of piperidine rings is 1. The summed E-state index contributed by atoms with van der Waals surface area (Å²) in [5.74, 6) is 0. The van der Waals surface area contributed by atoms with Crippen molar-refractivity contribution in [2.45, 2.75) is 102 Å². The van der Waals surface area contributed by atoms with Gasteiger partial charge in [0.2, 0.25) is 0 Å². The van der Waals surface area contributed by atoms with Gasteiger partial charge in [-0.25, -0.2) is 0 Å². The first-order valence-electron chi connectivity index (χ1n) is 10.5. The summed E-state index contributed by atoms with van der Waals surface area (Å²) >= 11 is 5.96. The van der Waals surface area contributed by atoms with E-state index in [2.05, 4.69) is 54.3 Å². The molecule has 150 valence electrons. The highest BCUT2D eigenvalue weighted by Gasteiger charge is 2.38. The second-order valence-corrected chi connectivity index (χ2v) is 10.1. The maximum absolute atomic E-state index is 5.96. The number of hydrogen-bond donors (Lipinski definition) is 2. The zero-order valence-corrected chi connectivity index (χ0v) is 18.2. The molecule has 2 aliphatic rings. The fourth-order valence-electron chi connectivity index (χ4n) is 5.13. The molecule has 0 atom stereocenters. The van der Waals surface area contributed by atoms with E-state index in [-0.39, 0.29) is 11.1 Å². The molecule has 1 aromatic rings. The normalized spacial score (nSPS) is 23.0. The van der Waals surface area contributed by atoms with E-state index in [0.29, 0.717) is 12.1 Å². The summed E-state index contributed by atoms with van der Waals surface area (Å²) in [7, 11) is 0. The molecule has 0 radical (unpaired) electrons. The minimum atomic E-state index is 0.119. The van der Waals surface area contributed by atoms with E-state index >= 15 is 0 Å². The van der Waals surface area contributed by atoms with Gasteiger partial charge in [-0.15, -0.1) is 0 Å². The van der Waals surface area contributed by atoms with Crippen molar-refractivity contribution < 1.29 is 0 Å². The van der Waals surface area contributed by atoms with Crippen LogP contribution in [0.15, 0.2) is 24.5 Å². The third-order valence-electron chi connectivity index (χ3n) is 5.87. The number of rotatable bonds is 4. The van der Waals surface area contributed by atoms with Gasteiger partial charge in [0.1, 0.15) is 0 Å². The molecule has 1 saturated heterocycles. The van der Waals surface area contributed by atoms with E-state index in [0.717, 1.165) is 24.5 Å². The van der Waals surface area contributed by atoms with Gasteiger partial charge in [0.15, 0.2) is 5.11 Å². The minimum Gasteiger partial charge on any atom is -0.360 e. The van der Waals surface area contributed by atoms with Crippen LogP contribution in [0.4, 0.5) is 0 Å². The Hall–Kier alpha value is -1.20. The monoisotopic (exact) mass is 388 g/mol. The van der Waals surface area contributed by atoms with E-state index in [4.69, 9.17) is 12.2 Å². The molecule has 0 unspecified atom stereocenters. The topological polar surface area (TPSA) is 40.2 Å². The molecule has 27 heavy (non-hydrogen) atoms. The van der Waals surface area contributed by atoms with Crippen molar-refractivity contribution in [3.8, 4) is 0 Å². The van der Waals surface area contributed by atoms with Crippen LogP contribution in [0, 0.1) is 0 Å². The Labute approximate surface area is 170 Å². The van der Waals surface area contributed by atoms with Gasteiger partial charge in [0.05, 0.1) is 0 Å². The maximum Gasteiger partial charge on any atom is 0.169 e. The van der Waals surface area contributed by atoms with Crippen molar-refractivity contribution in [1.29, 1.82) is 0 Å². The summed E-state index contributed by atoms with van der Waals surface area (Å²) in [5, 5.41) is 8.43. The van der Waals surface area contributed by atoms with Gasteiger partial charge in [-0.1, -0.05) is 25.3 Å². The molecule has 1 aromatic heterocycles. The third kappa shape index (κ3) is 5.89. The Morgan fingerprint density at radius 1 is 1.19 bits per heavy atom. The predicted molar refractivity (Wildman–Crippen MR) is 117 cm³/mol. The highest BCUT2D eigenvalue weighted by atomic mass is 32.1. The maximum atomic E-state index is 5.96. The summed E-state index contributed by atoms with van der Waals surface area (Å²) in [6.45, 7) is 10.0. The molecule has 2 heterocycles. The van der Waals surface area contributed by atoms with Crippen LogP contribution in [-0.2, 0) is 6.54 Å². The van der Waals surface area contributed by atoms with E-state index in [9.17, 15) is 0 Å². The zero-order valence-electron chi connectivity index (χ0n) is 17.4. The summed E-state index contributed by atoms with van der Waals surface area (Å²) in [6.07, 6.45) is 12.4. The van der Waals surface area contributed by atoms with Crippen LogP contribution in [0.1, 0.15) is 78.2 Å². The van der Waals surface area contributed by atoms with Crippen molar-refractivity contribution in [3.63, 3.8) is 0 Å². The Morgan fingerprint density at radius 2 is 1.85 bits per heavy atom. The number of aromatic nitrogens is 1. The van der Waals surface area contributed by atoms with Gasteiger partial charge >= 0.3 is 0 Å². The van der Waals surface area contributed by atoms with Crippen LogP contribution in [0.25, 0.3) is 0 Å². The summed E-state index contributed by atoms with van der Waals surface area (Å²) in [5.41, 5.74) is 1.47. The minimum absolute atomic E-state index is 0.119. The fraction of sp³-hybridized carbons (Fsp3) is 0.727. The van der Waals surface area contributed by atoms with Gasteiger partial charge in [-0.05, 0) is 77.2 Å². The molecule has 0 spiro atoms. The zero-order chi connectivity index (χ0) is 19.5. The summed E-state index contributed by atoms with van der Waals surface area (Å²) in [6, 6.07) is 5.12. The van der Waals surface area contributed by atoms with E-state index in [1.165, 1.54) is 37.7 Å². The van der Waals surface area contributed by atoms with E-state index < -0.39 is 0 Å².